The summed E-state index contributed by atoms with van der Waals surface area (Å²) >= 11 is 8.39. The standard InChI is InChI=1S/CH4.2ClH2O3P/c;2*1-5(2,3)4/h1H4;2*(H2,2,3,4). The van der Waals surface area contributed by atoms with Crippen molar-refractivity contribution < 1.29 is 28.7 Å². The van der Waals surface area contributed by atoms with Crippen LogP contribution in [0.3, 0.4) is 0 Å². The molecule has 0 fully saturated rings. The number of hydrogen-bond acceptors (Lipinski definition) is 2. The predicted molar refractivity (Wildman–Crippen MR) is 42.5 cm³/mol. The van der Waals surface area contributed by atoms with E-state index in [0.29, 0.717) is 0 Å². The zero-order chi connectivity index (χ0) is 9.00. The third-order valence-electron chi connectivity index (χ3n) is 0. The second kappa shape index (κ2) is 6.40. The monoisotopic (exact) mass is 248 g/mol. The van der Waals surface area contributed by atoms with Gasteiger partial charge in [0, 0.05) is 22.5 Å². The van der Waals surface area contributed by atoms with Gasteiger partial charge in [0.25, 0.3) is 0 Å². The second-order valence-electron chi connectivity index (χ2n) is 0.946. The Balaban J connectivity index is -0.000000107. The number of hydrogen-bond donors (Lipinski definition) is 4. The highest BCUT2D eigenvalue weighted by atomic mass is 35.7. The predicted octanol–water partition coefficient (Wildman–Crippen LogP) is 1.27. The molecule has 0 saturated heterocycles. The minimum atomic E-state index is -4.17. The molecule has 10 heteroatoms. The summed E-state index contributed by atoms with van der Waals surface area (Å²) in [6, 6.07) is 0. The lowest BCUT2D eigenvalue weighted by molar-refractivity contribution is 0.393. The van der Waals surface area contributed by atoms with E-state index in [1.807, 2.05) is 0 Å². The summed E-state index contributed by atoms with van der Waals surface area (Å²) in [4.78, 5) is 29.6. The third kappa shape index (κ3) is 1110. The van der Waals surface area contributed by atoms with Gasteiger partial charge in [-0.05, 0) is 0 Å². The van der Waals surface area contributed by atoms with E-state index in [-0.39, 0.29) is 7.43 Å². The van der Waals surface area contributed by atoms with Gasteiger partial charge in [0.15, 0.2) is 0 Å². The smallest absolute Gasteiger partial charge is 0.313 e. The topological polar surface area (TPSA) is 115 Å². The van der Waals surface area contributed by atoms with Crippen LogP contribution in [0.5, 0.6) is 0 Å². The summed E-state index contributed by atoms with van der Waals surface area (Å²) in [6.45, 7) is -8.33. The van der Waals surface area contributed by atoms with Crippen LogP contribution in [0.15, 0.2) is 0 Å². The van der Waals surface area contributed by atoms with Crippen LogP contribution in [0.1, 0.15) is 7.43 Å². The van der Waals surface area contributed by atoms with Crippen LogP contribution in [-0.4, -0.2) is 19.6 Å². The molecular formula is CH8Cl2O6P2. The molecule has 72 valence electrons. The average Bonchev–Trinajstić information content (AvgIpc) is 1.12. The van der Waals surface area contributed by atoms with E-state index in [0.717, 1.165) is 0 Å². The molecule has 0 radical (unpaired) electrons. The maximum absolute atomic E-state index is 9.09. The Hall–Kier alpha value is 0.880. The fraction of sp³-hybridized carbons (Fsp3) is 1.00. The first kappa shape index (κ1) is 17.8. The van der Waals surface area contributed by atoms with Crippen molar-refractivity contribution in [3.8, 4) is 0 Å². The number of rotatable bonds is 0. The highest BCUT2D eigenvalue weighted by Crippen LogP contribution is 2.40. The Bertz CT molecular complexity index is 131. The summed E-state index contributed by atoms with van der Waals surface area (Å²) in [5.41, 5.74) is 0. The van der Waals surface area contributed by atoms with Crippen LogP contribution in [0.25, 0.3) is 0 Å². The van der Waals surface area contributed by atoms with Crippen LogP contribution in [-0.2, 0) is 9.13 Å². The molecule has 0 spiro atoms. The minimum absolute atomic E-state index is 0. The molecule has 0 unspecified atom stereocenters. The fourth-order valence-electron chi connectivity index (χ4n) is 0. The Morgan fingerprint density at radius 1 is 0.818 bits per heavy atom. The first-order valence-corrected chi connectivity index (χ1v) is 6.54. The summed E-state index contributed by atoms with van der Waals surface area (Å²) in [7, 11) is 0. The van der Waals surface area contributed by atoms with Crippen LogP contribution >= 0.6 is 36.4 Å². The molecule has 0 aliphatic rings. The average molecular weight is 249 g/mol. The molecule has 0 aromatic carbocycles. The molecule has 4 N–H and O–H groups in total. The summed E-state index contributed by atoms with van der Waals surface area (Å²) < 4.78 is 18.2. The van der Waals surface area contributed by atoms with Gasteiger partial charge in [0.2, 0.25) is 0 Å². The Morgan fingerprint density at radius 3 is 0.818 bits per heavy atom. The number of halogens is 2. The quantitative estimate of drug-likeness (QED) is 0.480. The van der Waals surface area contributed by atoms with Gasteiger partial charge in [0.05, 0.1) is 0 Å². The molecule has 0 amide bonds. The van der Waals surface area contributed by atoms with Gasteiger partial charge in [-0.15, -0.1) is 0 Å². The van der Waals surface area contributed by atoms with Crippen molar-refractivity contribution in [1.82, 2.24) is 0 Å². The van der Waals surface area contributed by atoms with Gasteiger partial charge in [-0.1, -0.05) is 7.43 Å². The van der Waals surface area contributed by atoms with Gasteiger partial charge in [-0.2, -0.15) is 0 Å². The zero-order valence-corrected chi connectivity index (χ0v) is 7.56. The van der Waals surface area contributed by atoms with Crippen molar-refractivity contribution in [1.29, 1.82) is 0 Å². The van der Waals surface area contributed by atoms with Crippen molar-refractivity contribution in [3.05, 3.63) is 0 Å². The largest absolute Gasteiger partial charge is 0.419 e. The first-order chi connectivity index (χ1) is 4.00. The zero-order valence-electron chi connectivity index (χ0n) is 4.26. The van der Waals surface area contributed by atoms with E-state index in [2.05, 4.69) is 22.5 Å². The molecule has 0 aliphatic heterocycles. The molecule has 0 aromatic rings. The normalized spacial score (nSPS) is 10.7. The van der Waals surface area contributed by atoms with Crippen LogP contribution in [0, 0.1) is 0 Å². The van der Waals surface area contributed by atoms with Crippen LogP contribution in [0.4, 0.5) is 0 Å². The molecule has 0 saturated carbocycles. The van der Waals surface area contributed by atoms with Gasteiger partial charge in [0.1, 0.15) is 0 Å². The lowest BCUT2D eigenvalue weighted by atomic mass is 12.0. The third-order valence-corrected chi connectivity index (χ3v) is 0. The second-order valence-corrected chi connectivity index (χ2v) is 5.48. The van der Waals surface area contributed by atoms with Gasteiger partial charge in [-0.25, -0.2) is 9.13 Å². The van der Waals surface area contributed by atoms with Gasteiger partial charge >= 0.3 is 13.9 Å². The Kier molecular flexibility index (Phi) is 10.4. The van der Waals surface area contributed by atoms with Crippen molar-refractivity contribution >= 4 is 36.4 Å². The van der Waals surface area contributed by atoms with Crippen molar-refractivity contribution in [2.45, 2.75) is 7.43 Å². The lowest BCUT2D eigenvalue weighted by Gasteiger charge is -1.80. The minimum Gasteiger partial charge on any atom is -0.313 e. The van der Waals surface area contributed by atoms with E-state index in [4.69, 9.17) is 28.7 Å². The molecule has 0 aliphatic carbocycles. The summed E-state index contributed by atoms with van der Waals surface area (Å²) in [5, 5.41) is 0. The Labute approximate surface area is 73.0 Å². The van der Waals surface area contributed by atoms with E-state index >= 15 is 0 Å². The molecule has 0 bridgehead atoms. The van der Waals surface area contributed by atoms with E-state index in [9.17, 15) is 0 Å². The summed E-state index contributed by atoms with van der Waals surface area (Å²) in [5.74, 6) is 0. The lowest BCUT2D eigenvalue weighted by Crippen LogP contribution is -1.54. The highest BCUT2D eigenvalue weighted by Gasteiger charge is 2.01. The van der Waals surface area contributed by atoms with Gasteiger partial charge < -0.3 is 19.6 Å². The Morgan fingerprint density at radius 2 is 0.818 bits per heavy atom. The molecule has 0 heterocycles. The molecule has 0 atom stereocenters. The van der Waals surface area contributed by atoms with Crippen molar-refractivity contribution in [2.24, 2.45) is 0 Å². The van der Waals surface area contributed by atoms with E-state index in [1.54, 1.807) is 0 Å². The van der Waals surface area contributed by atoms with E-state index in [1.165, 1.54) is 0 Å². The molecule has 0 aromatic heterocycles. The van der Waals surface area contributed by atoms with Crippen LogP contribution in [0.2, 0.25) is 0 Å². The maximum Gasteiger partial charge on any atom is 0.419 e. The highest BCUT2D eigenvalue weighted by molar-refractivity contribution is 7.80. The van der Waals surface area contributed by atoms with E-state index < -0.39 is 13.9 Å². The first-order valence-electron chi connectivity index (χ1n) is 1.50. The van der Waals surface area contributed by atoms with Crippen LogP contribution < -0.4 is 0 Å². The molecular weight excluding hydrogens is 241 g/mol. The molecule has 11 heavy (non-hydrogen) atoms. The summed E-state index contributed by atoms with van der Waals surface area (Å²) in [6.07, 6.45) is 0. The molecule has 0 rings (SSSR count). The molecule has 6 nitrogen and oxygen atoms in total. The van der Waals surface area contributed by atoms with Crippen molar-refractivity contribution in [3.63, 3.8) is 0 Å². The SMILES string of the molecule is C.O=P(O)(O)Cl.O=P(O)(O)Cl. The van der Waals surface area contributed by atoms with Crippen molar-refractivity contribution in [2.75, 3.05) is 0 Å². The maximum atomic E-state index is 9.09. The van der Waals surface area contributed by atoms with Gasteiger partial charge in [-0.3, -0.25) is 0 Å². The fourth-order valence-corrected chi connectivity index (χ4v) is 0.